The van der Waals surface area contributed by atoms with Crippen LogP contribution in [0.15, 0.2) is 68.0 Å². The zero-order valence-electron chi connectivity index (χ0n) is 19.3. The van der Waals surface area contributed by atoms with Crippen molar-refractivity contribution >= 4 is 45.3 Å². The van der Waals surface area contributed by atoms with E-state index in [2.05, 4.69) is 20.9 Å². The van der Waals surface area contributed by atoms with Gasteiger partial charge in [-0.1, -0.05) is 45.5 Å². The first kappa shape index (κ1) is 24.6. The molecular weight excluding hydrogens is 536 g/mol. The van der Waals surface area contributed by atoms with Gasteiger partial charge >= 0.3 is 11.9 Å². The van der Waals surface area contributed by atoms with Crippen molar-refractivity contribution in [3.05, 3.63) is 89.0 Å². The zero-order chi connectivity index (χ0) is 25.3. The van der Waals surface area contributed by atoms with E-state index in [9.17, 15) is 14.4 Å². The zero-order valence-corrected chi connectivity index (χ0v) is 21.7. The highest BCUT2D eigenvalue weighted by Crippen LogP contribution is 2.36. The summed E-state index contributed by atoms with van der Waals surface area (Å²) in [6.45, 7) is 2.99. The highest BCUT2D eigenvalue weighted by atomic mass is 79.9. The van der Waals surface area contributed by atoms with Crippen molar-refractivity contribution in [3.8, 4) is 11.5 Å². The number of carbonyl (C=O) groups is 2. The molecule has 0 saturated heterocycles. The largest absolute Gasteiger partial charge is 0.493 e. The number of hydrogen-bond donors (Lipinski definition) is 0. The van der Waals surface area contributed by atoms with Crippen molar-refractivity contribution in [3.63, 3.8) is 0 Å². The number of carbonyl (C=O) groups excluding carboxylic acids is 2. The third kappa shape index (κ3) is 4.85. The molecule has 1 aromatic heterocycles. The lowest BCUT2D eigenvalue weighted by atomic mass is 9.95. The minimum absolute atomic E-state index is 0.228. The topological polar surface area (TPSA) is 96.2 Å². The van der Waals surface area contributed by atoms with Crippen LogP contribution in [-0.4, -0.2) is 30.7 Å². The van der Waals surface area contributed by atoms with Crippen LogP contribution in [0.3, 0.4) is 0 Å². The molecule has 0 radical (unpaired) electrons. The number of halogens is 1. The monoisotopic (exact) mass is 556 g/mol. The molecule has 35 heavy (non-hydrogen) atoms. The molecule has 0 amide bonds. The Morgan fingerprint density at radius 2 is 1.83 bits per heavy atom. The van der Waals surface area contributed by atoms with Gasteiger partial charge in [0.2, 0.25) is 0 Å². The first-order valence-corrected chi connectivity index (χ1v) is 12.1. The standard InChI is InChI=1S/C25H21BrN2O6S/c1-13-21(24(31)33-4)22(16-7-10-18(34-14(2)29)19(12-16)32-3)28-23(30)20(35-25(28)27-13)11-15-5-8-17(26)9-6-15/h5-12,22H,1-4H3. The van der Waals surface area contributed by atoms with Gasteiger partial charge in [-0.3, -0.25) is 14.2 Å². The van der Waals surface area contributed by atoms with Crippen LogP contribution in [0, 0.1) is 0 Å². The second kappa shape index (κ2) is 10.0. The van der Waals surface area contributed by atoms with Gasteiger partial charge in [-0.15, -0.1) is 0 Å². The summed E-state index contributed by atoms with van der Waals surface area (Å²) in [6.07, 6.45) is 1.79. The number of nitrogens with zero attached hydrogens (tertiary/aromatic N) is 2. The Hall–Kier alpha value is -3.50. The number of thiazole rings is 1. The van der Waals surface area contributed by atoms with E-state index < -0.39 is 18.0 Å². The number of ether oxygens (including phenoxy) is 3. The van der Waals surface area contributed by atoms with Gasteiger partial charge in [-0.2, -0.15) is 0 Å². The smallest absolute Gasteiger partial charge is 0.338 e. The Balaban J connectivity index is 1.95. The Morgan fingerprint density at radius 1 is 1.11 bits per heavy atom. The number of allylic oxidation sites excluding steroid dienone is 1. The van der Waals surface area contributed by atoms with Crippen LogP contribution < -0.4 is 24.4 Å². The normalized spacial score (nSPS) is 15.3. The molecule has 0 N–H and O–H groups in total. The molecule has 10 heteroatoms. The Morgan fingerprint density at radius 3 is 2.46 bits per heavy atom. The van der Waals surface area contributed by atoms with E-state index in [-0.39, 0.29) is 22.6 Å². The van der Waals surface area contributed by atoms with Crippen LogP contribution in [0.1, 0.15) is 31.0 Å². The van der Waals surface area contributed by atoms with Crippen LogP contribution in [-0.2, 0) is 14.3 Å². The van der Waals surface area contributed by atoms with Crippen LogP contribution >= 0.6 is 27.3 Å². The molecule has 1 atom stereocenters. The molecule has 180 valence electrons. The van der Waals surface area contributed by atoms with Crippen molar-refractivity contribution in [2.75, 3.05) is 14.2 Å². The maximum atomic E-state index is 13.6. The number of rotatable bonds is 5. The molecule has 2 aromatic carbocycles. The van der Waals surface area contributed by atoms with Crippen molar-refractivity contribution in [1.82, 2.24) is 4.57 Å². The highest BCUT2D eigenvalue weighted by Gasteiger charge is 2.33. The number of aromatic nitrogens is 1. The number of hydrogen-bond acceptors (Lipinski definition) is 8. The summed E-state index contributed by atoms with van der Waals surface area (Å²) < 4.78 is 18.5. The molecule has 1 aliphatic heterocycles. The van der Waals surface area contributed by atoms with E-state index >= 15 is 0 Å². The van der Waals surface area contributed by atoms with Gasteiger partial charge in [0.05, 0.1) is 36.1 Å². The number of benzene rings is 2. The van der Waals surface area contributed by atoms with Gasteiger partial charge in [0.1, 0.15) is 0 Å². The molecule has 0 fully saturated rings. The first-order chi connectivity index (χ1) is 16.7. The molecule has 1 aliphatic rings. The van der Waals surface area contributed by atoms with Crippen molar-refractivity contribution in [2.24, 2.45) is 4.99 Å². The van der Waals surface area contributed by atoms with Crippen molar-refractivity contribution in [2.45, 2.75) is 19.9 Å². The number of esters is 2. The molecular formula is C25H21BrN2O6S. The lowest BCUT2D eigenvalue weighted by Gasteiger charge is -2.25. The summed E-state index contributed by atoms with van der Waals surface area (Å²) in [5.41, 5.74) is 1.81. The third-order valence-corrected chi connectivity index (χ3v) is 6.86. The van der Waals surface area contributed by atoms with E-state index in [0.717, 1.165) is 10.0 Å². The summed E-state index contributed by atoms with van der Waals surface area (Å²) in [7, 11) is 2.72. The van der Waals surface area contributed by atoms with Gasteiger partial charge in [0.25, 0.3) is 5.56 Å². The maximum Gasteiger partial charge on any atom is 0.338 e. The highest BCUT2D eigenvalue weighted by molar-refractivity contribution is 9.10. The molecule has 0 aliphatic carbocycles. The average molecular weight is 557 g/mol. The molecule has 0 bridgehead atoms. The van der Waals surface area contributed by atoms with E-state index in [1.165, 1.54) is 37.0 Å². The number of fused-ring (bicyclic) bond motifs is 1. The Kier molecular flexibility index (Phi) is 7.04. The van der Waals surface area contributed by atoms with Crippen LogP contribution in [0.2, 0.25) is 0 Å². The lowest BCUT2D eigenvalue weighted by molar-refractivity contribution is -0.136. The summed E-state index contributed by atoms with van der Waals surface area (Å²) >= 11 is 4.65. The van der Waals surface area contributed by atoms with Gasteiger partial charge in [0.15, 0.2) is 16.3 Å². The Bertz CT molecular complexity index is 1540. The van der Waals surface area contributed by atoms with E-state index in [4.69, 9.17) is 14.2 Å². The summed E-state index contributed by atoms with van der Waals surface area (Å²) in [6, 6.07) is 11.6. The van der Waals surface area contributed by atoms with E-state index in [1.54, 1.807) is 31.2 Å². The van der Waals surface area contributed by atoms with Crippen molar-refractivity contribution in [1.29, 1.82) is 0 Å². The first-order valence-electron chi connectivity index (χ1n) is 10.5. The molecule has 0 saturated carbocycles. The van der Waals surface area contributed by atoms with E-state index in [0.29, 0.717) is 20.6 Å². The van der Waals surface area contributed by atoms with Crippen LogP contribution in [0.4, 0.5) is 0 Å². The molecule has 1 unspecified atom stereocenters. The van der Waals surface area contributed by atoms with Crippen LogP contribution in [0.5, 0.6) is 11.5 Å². The fourth-order valence-electron chi connectivity index (χ4n) is 3.81. The van der Waals surface area contributed by atoms with Gasteiger partial charge in [0, 0.05) is 11.4 Å². The average Bonchev–Trinajstić information content (AvgIpc) is 3.13. The molecule has 0 spiro atoms. The summed E-state index contributed by atoms with van der Waals surface area (Å²) in [5, 5.41) is 0. The minimum Gasteiger partial charge on any atom is -0.493 e. The minimum atomic E-state index is -0.814. The predicted octanol–water partition coefficient (Wildman–Crippen LogP) is 3.10. The van der Waals surface area contributed by atoms with Gasteiger partial charge in [-0.25, -0.2) is 9.79 Å². The molecule has 8 nitrogen and oxygen atoms in total. The SMILES string of the molecule is COC(=O)C1=C(C)N=c2sc(=Cc3ccc(Br)cc3)c(=O)n2C1c1ccc(OC(C)=O)c(OC)c1. The fraction of sp³-hybridized carbons (Fsp3) is 0.200. The van der Waals surface area contributed by atoms with Crippen molar-refractivity contribution < 1.29 is 23.8 Å². The lowest BCUT2D eigenvalue weighted by Crippen LogP contribution is -2.39. The van der Waals surface area contributed by atoms with Gasteiger partial charge in [-0.05, 0) is 48.4 Å². The van der Waals surface area contributed by atoms with E-state index in [1.807, 2.05) is 24.3 Å². The summed E-state index contributed by atoms with van der Waals surface area (Å²) in [4.78, 5) is 42.9. The molecule has 4 rings (SSSR count). The maximum absolute atomic E-state index is 13.6. The number of methoxy groups -OCH3 is 2. The van der Waals surface area contributed by atoms with Gasteiger partial charge < -0.3 is 14.2 Å². The summed E-state index contributed by atoms with van der Waals surface area (Å²) in [5.74, 6) is -0.579. The quantitative estimate of drug-likeness (QED) is 0.354. The predicted molar refractivity (Wildman–Crippen MR) is 134 cm³/mol. The fourth-order valence-corrected chi connectivity index (χ4v) is 5.12. The second-order valence-corrected chi connectivity index (χ2v) is 9.55. The molecule has 2 heterocycles. The van der Waals surface area contributed by atoms with Crippen LogP contribution in [0.25, 0.3) is 6.08 Å². The second-order valence-electron chi connectivity index (χ2n) is 7.63. The molecule has 3 aromatic rings. The third-order valence-electron chi connectivity index (χ3n) is 5.35. The Labute approximate surface area is 212 Å².